The summed E-state index contributed by atoms with van der Waals surface area (Å²) >= 11 is 0. The van der Waals surface area contributed by atoms with Crippen molar-refractivity contribution in [3.8, 4) is 11.1 Å². The van der Waals surface area contributed by atoms with Crippen molar-refractivity contribution in [2.24, 2.45) is 16.3 Å². The van der Waals surface area contributed by atoms with Crippen molar-refractivity contribution in [3.05, 3.63) is 65.7 Å². The topological polar surface area (TPSA) is 91.3 Å². The molecule has 3 N–H and O–H groups in total. The lowest BCUT2D eigenvalue weighted by Crippen LogP contribution is -2.15. The van der Waals surface area contributed by atoms with E-state index in [4.69, 9.17) is 5.84 Å². The van der Waals surface area contributed by atoms with Crippen LogP contribution in [0, 0.1) is 6.92 Å². The summed E-state index contributed by atoms with van der Waals surface area (Å²) < 4.78 is 0. The molecule has 0 radical (unpaired) electrons. The van der Waals surface area contributed by atoms with Crippen molar-refractivity contribution >= 4 is 11.7 Å². The fraction of sp³-hybridized carbons (Fsp3) is 0.167. The summed E-state index contributed by atoms with van der Waals surface area (Å²) in [6.45, 7) is 8.38. The van der Waals surface area contributed by atoms with Crippen LogP contribution in [0.5, 0.6) is 0 Å². The Kier molecular flexibility index (Phi) is 5.31. The number of benzene rings is 2. The van der Waals surface area contributed by atoms with Gasteiger partial charge in [0.1, 0.15) is 0 Å². The minimum Gasteiger partial charge on any atom is -0.478 e. The first-order valence-corrected chi connectivity index (χ1v) is 7.49. The highest BCUT2D eigenvalue weighted by molar-refractivity contribution is 5.91. The van der Waals surface area contributed by atoms with Gasteiger partial charge in [0, 0.05) is 12.1 Å². The molecular weight excluding hydrogens is 304 g/mol. The number of hydrogen-bond acceptors (Lipinski definition) is 3. The molecule has 2 aromatic carbocycles. The maximum Gasteiger partial charge on any atom is 0.335 e. The van der Waals surface area contributed by atoms with Gasteiger partial charge in [-0.2, -0.15) is 0 Å². The zero-order valence-electron chi connectivity index (χ0n) is 13.7. The molecule has 0 unspecified atom stereocenters. The van der Waals surface area contributed by atoms with Gasteiger partial charge in [-0.1, -0.05) is 41.6 Å². The highest BCUT2D eigenvalue weighted by atomic mass is 16.4. The number of hydrogen-bond donors (Lipinski definition) is 2. The summed E-state index contributed by atoms with van der Waals surface area (Å²) in [7, 11) is 0. The minimum atomic E-state index is -0.999. The highest BCUT2D eigenvalue weighted by Gasteiger charge is 2.13. The zero-order chi connectivity index (χ0) is 17.7. The van der Waals surface area contributed by atoms with Gasteiger partial charge in [0.25, 0.3) is 0 Å². The Labute approximate surface area is 140 Å². The van der Waals surface area contributed by atoms with Crippen LogP contribution in [0.1, 0.15) is 28.4 Å². The van der Waals surface area contributed by atoms with Crippen molar-refractivity contribution < 1.29 is 9.90 Å². The molecule has 0 saturated carbocycles. The predicted molar refractivity (Wildman–Crippen MR) is 94.0 cm³/mol. The van der Waals surface area contributed by atoms with Gasteiger partial charge in [0.15, 0.2) is 0 Å². The smallest absolute Gasteiger partial charge is 0.335 e. The van der Waals surface area contributed by atoms with E-state index in [-0.39, 0.29) is 5.56 Å². The Bertz CT molecular complexity index is 782. The largest absolute Gasteiger partial charge is 0.478 e. The van der Waals surface area contributed by atoms with Gasteiger partial charge >= 0.3 is 5.97 Å². The molecule has 6 heteroatoms. The number of carbonyl (C=O) groups is 1. The molecule has 0 heterocycles. The molecule has 0 spiro atoms. The summed E-state index contributed by atoms with van der Waals surface area (Å²) in [6.07, 6.45) is 0. The Morgan fingerprint density at radius 1 is 1.17 bits per heavy atom. The molecule has 24 heavy (non-hydrogen) atoms. The van der Waals surface area contributed by atoms with Crippen LogP contribution in [-0.4, -0.2) is 22.6 Å². The van der Waals surface area contributed by atoms with Crippen molar-refractivity contribution in [2.45, 2.75) is 13.8 Å². The van der Waals surface area contributed by atoms with Crippen LogP contribution in [0.4, 0.5) is 0 Å². The van der Waals surface area contributed by atoms with E-state index in [0.717, 1.165) is 16.7 Å². The molecule has 0 aromatic heterocycles. The molecule has 0 fully saturated rings. The van der Waals surface area contributed by atoms with E-state index in [9.17, 15) is 9.90 Å². The standard InChI is InChI=1S/C18H20N4O2/c1-4-22(21-20-19)13(3)15-9-16(11-17(10-15)18(23)24)14-7-5-12(2)6-8-14/h5-11H,3-4H2,1-2H3,(H2,19,21)(H,23,24). The number of carboxylic acid groups (broad SMARTS) is 1. The lowest BCUT2D eigenvalue weighted by atomic mass is 9.98. The quantitative estimate of drug-likeness (QED) is 0.479. The Morgan fingerprint density at radius 3 is 2.33 bits per heavy atom. The number of nitrogens with zero attached hydrogens (tertiary/aromatic N) is 3. The first-order valence-electron chi connectivity index (χ1n) is 7.49. The molecule has 0 aliphatic carbocycles. The van der Waals surface area contributed by atoms with Crippen LogP contribution in [0.3, 0.4) is 0 Å². The maximum atomic E-state index is 11.5. The van der Waals surface area contributed by atoms with Gasteiger partial charge in [-0.15, -0.1) is 0 Å². The second kappa shape index (κ2) is 7.41. The average molecular weight is 324 g/mol. The minimum absolute atomic E-state index is 0.185. The van der Waals surface area contributed by atoms with Gasteiger partial charge in [-0.3, -0.25) is 0 Å². The van der Waals surface area contributed by atoms with E-state index >= 15 is 0 Å². The summed E-state index contributed by atoms with van der Waals surface area (Å²) in [5.41, 5.74) is 4.24. The third kappa shape index (κ3) is 3.78. The Balaban J connectivity index is 2.54. The number of aromatic carboxylic acids is 1. The molecule has 124 valence electrons. The fourth-order valence-corrected chi connectivity index (χ4v) is 2.35. The summed E-state index contributed by atoms with van der Waals surface area (Å²) in [5, 5.41) is 18.0. The third-order valence-electron chi connectivity index (χ3n) is 3.67. The lowest BCUT2D eigenvalue weighted by molar-refractivity contribution is 0.0697. The predicted octanol–water partition coefficient (Wildman–Crippen LogP) is 3.89. The average Bonchev–Trinajstić information content (AvgIpc) is 2.59. The summed E-state index contributed by atoms with van der Waals surface area (Å²) in [4.78, 5) is 11.5. The Hall–Kier alpha value is -3.15. The van der Waals surface area contributed by atoms with Gasteiger partial charge in [-0.05, 0) is 48.4 Å². The number of rotatable bonds is 6. The molecule has 0 atom stereocenters. The van der Waals surface area contributed by atoms with Crippen molar-refractivity contribution in [2.75, 3.05) is 6.54 Å². The van der Waals surface area contributed by atoms with Gasteiger partial charge in [0.2, 0.25) is 0 Å². The Morgan fingerprint density at radius 2 is 1.79 bits per heavy atom. The van der Waals surface area contributed by atoms with Crippen LogP contribution >= 0.6 is 0 Å². The first-order chi connectivity index (χ1) is 11.5. The SMILES string of the molecule is C=C(c1cc(C(=O)O)cc(-c2ccc(C)cc2)c1)N(CC)/N=N\N. The molecule has 0 aliphatic heterocycles. The van der Waals surface area contributed by atoms with Gasteiger partial charge < -0.3 is 10.9 Å². The molecule has 0 saturated heterocycles. The van der Waals surface area contributed by atoms with Crippen molar-refractivity contribution in [1.82, 2.24) is 5.01 Å². The fourth-order valence-electron chi connectivity index (χ4n) is 2.35. The van der Waals surface area contributed by atoms with Gasteiger partial charge in [-0.25, -0.2) is 9.80 Å². The van der Waals surface area contributed by atoms with Crippen molar-refractivity contribution in [1.29, 1.82) is 0 Å². The van der Waals surface area contributed by atoms with E-state index in [1.807, 2.05) is 44.2 Å². The third-order valence-corrected chi connectivity index (χ3v) is 3.67. The van der Waals surface area contributed by atoms with Crippen molar-refractivity contribution in [3.63, 3.8) is 0 Å². The van der Waals surface area contributed by atoms with E-state index in [0.29, 0.717) is 17.8 Å². The van der Waals surface area contributed by atoms with Crippen LogP contribution in [0.2, 0.25) is 0 Å². The molecule has 0 amide bonds. The number of aryl methyl sites for hydroxylation is 1. The second-order valence-corrected chi connectivity index (χ2v) is 5.34. The van der Waals surface area contributed by atoms with E-state index in [1.54, 1.807) is 12.1 Å². The molecule has 6 nitrogen and oxygen atoms in total. The maximum absolute atomic E-state index is 11.5. The highest BCUT2D eigenvalue weighted by Crippen LogP contribution is 2.27. The number of carboxylic acids is 1. The molecule has 2 rings (SSSR count). The number of nitrogens with two attached hydrogens (primary N) is 1. The monoisotopic (exact) mass is 324 g/mol. The molecule has 2 aromatic rings. The molecule has 0 bridgehead atoms. The van der Waals surface area contributed by atoms with E-state index in [2.05, 4.69) is 17.0 Å². The van der Waals surface area contributed by atoms with Crippen LogP contribution in [0.25, 0.3) is 16.8 Å². The normalized spacial score (nSPS) is 10.8. The van der Waals surface area contributed by atoms with Crippen LogP contribution in [0.15, 0.2) is 59.5 Å². The van der Waals surface area contributed by atoms with Gasteiger partial charge in [0.05, 0.1) is 11.3 Å². The van der Waals surface area contributed by atoms with E-state index < -0.39 is 5.97 Å². The summed E-state index contributed by atoms with van der Waals surface area (Å²) in [5.74, 6) is 4.12. The van der Waals surface area contributed by atoms with Crippen LogP contribution in [-0.2, 0) is 0 Å². The first kappa shape index (κ1) is 17.2. The zero-order valence-corrected chi connectivity index (χ0v) is 13.7. The van der Waals surface area contributed by atoms with E-state index in [1.165, 1.54) is 5.01 Å². The molecular formula is C18H20N4O2. The second-order valence-electron chi connectivity index (χ2n) is 5.34. The molecule has 0 aliphatic rings. The summed E-state index contributed by atoms with van der Waals surface area (Å²) in [6, 6.07) is 13.0. The lowest BCUT2D eigenvalue weighted by Gasteiger charge is -2.19. The van der Waals surface area contributed by atoms with Crippen LogP contribution < -0.4 is 5.84 Å².